The molecule has 6 rings (SSSR count). The summed E-state index contributed by atoms with van der Waals surface area (Å²) in [6, 6.07) is 25.8. The molecule has 1 fully saturated rings. The van der Waals surface area contributed by atoms with E-state index in [0.717, 1.165) is 35.1 Å². The second kappa shape index (κ2) is 8.51. The average Bonchev–Trinajstić information content (AvgIpc) is 3.49. The number of para-hydroxylation sites is 1. The quantitative estimate of drug-likeness (QED) is 0.286. The zero-order valence-corrected chi connectivity index (χ0v) is 18.8. The van der Waals surface area contributed by atoms with Crippen LogP contribution in [-0.2, 0) is 6.54 Å². The molecule has 160 valence electrons. The van der Waals surface area contributed by atoms with Crippen molar-refractivity contribution in [1.82, 2.24) is 14.0 Å². The van der Waals surface area contributed by atoms with Gasteiger partial charge in [-0.3, -0.25) is 4.40 Å². The molecular formula is C29H29N3. The highest BCUT2D eigenvalue weighted by Gasteiger charge is 2.26. The number of benzene rings is 2. The molecule has 0 bridgehead atoms. The van der Waals surface area contributed by atoms with Gasteiger partial charge in [0, 0.05) is 29.2 Å². The number of aromatic nitrogens is 3. The van der Waals surface area contributed by atoms with E-state index in [1.807, 2.05) is 19.9 Å². The molecule has 3 nitrogen and oxygen atoms in total. The molecule has 3 heteroatoms. The summed E-state index contributed by atoms with van der Waals surface area (Å²) in [7, 11) is 0. The third-order valence-corrected chi connectivity index (χ3v) is 6.12. The van der Waals surface area contributed by atoms with Gasteiger partial charge in [-0.05, 0) is 48.6 Å². The number of pyridine rings is 1. The monoisotopic (exact) mass is 419 g/mol. The summed E-state index contributed by atoms with van der Waals surface area (Å²) in [5, 5.41) is 1.27. The Morgan fingerprint density at radius 1 is 0.969 bits per heavy atom. The fourth-order valence-electron chi connectivity index (χ4n) is 4.40. The fraction of sp³-hybridized carbons (Fsp3) is 0.207. The van der Waals surface area contributed by atoms with Crippen LogP contribution in [-0.4, -0.2) is 14.0 Å². The highest BCUT2D eigenvalue weighted by molar-refractivity contribution is 5.90. The van der Waals surface area contributed by atoms with E-state index in [-0.39, 0.29) is 0 Å². The normalized spacial score (nSPS) is 13.2. The zero-order chi connectivity index (χ0) is 22.1. The molecule has 32 heavy (non-hydrogen) atoms. The van der Waals surface area contributed by atoms with E-state index in [9.17, 15) is 0 Å². The minimum Gasteiger partial charge on any atom is -0.339 e. The average molecular weight is 420 g/mol. The Hall–Kier alpha value is -3.59. The van der Waals surface area contributed by atoms with Gasteiger partial charge in [0.25, 0.3) is 0 Å². The van der Waals surface area contributed by atoms with E-state index in [4.69, 9.17) is 4.98 Å². The Kier molecular flexibility index (Phi) is 5.40. The molecule has 3 aromatic heterocycles. The summed E-state index contributed by atoms with van der Waals surface area (Å²) in [4.78, 5) is 5.15. The van der Waals surface area contributed by atoms with Crippen molar-refractivity contribution in [3.63, 3.8) is 0 Å². The third-order valence-electron chi connectivity index (χ3n) is 6.12. The van der Waals surface area contributed by atoms with Crippen LogP contribution in [0.1, 0.15) is 32.3 Å². The van der Waals surface area contributed by atoms with Crippen molar-refractivity contribution in [2.45, 2.75) is 33.2 Å². The minimum atomic E-state index is 0.782. The molecule has 0 unspecified atom stereocenters. The lowest BCUT2D eigenvalue weighted by Crippen LogP contribution is -2.02. The summed E-state index contributed by atoms with van der Waals surface area (Å²) < 4.78 is 4.69. The summed E-state index contributed by atoms with van der Waals surface area (Å²) in [6.07, 6.45) is 6.64. The van der Waals surface area contributed by atoms with Crippen LogP contribution in [0.5, 0.6) is 0 Å². The van der Waals surface area contributed by atoms with Gasteiger partial charge in [-0.15, -0.1) is 0 Å². The number of hydrogen-bond acceptors (Lipinski definition) is 1. The Bertz CT molecular complexity index is 1380. The molecule has 0 aliphatic heterocycles. The smallest absolute Gasteiger partial charge is 0.138 e. The van der Waals surface area contributed by atoms with Crippen LogP contribution in [0.3, 0.4) is 0 Å². The fourth-order valence-corrected chi connectivity index (χ4v) is 4.40. The molecule has 0 atom stereocenters. The predicted molar refractivity (Wildman–Crippen MR) is 136 cm³/mol. The van der Waals surface area contributed by atoms with E-state index in [2.05, 4.69) is 94.5 Å². The van der Waals surface area contributed by atoms with Crippen LogP contribution in [0.2, 0.25) is 0 Å². The van der Waals surface area contributed by atoms with Crippen LogP contribution in [0, 0.1) is 5.92 Å². The number of imidazole rings is 1. The summed E-state index contributed by atoms with van der Waals surface area (Å²) in [5.41, 5.74) is 7.88. The largest absolute Gasteiger partial charge is 0.339 e. The Morgan fingerprint density at radius 2 is 1.72 bits per heavy atom. The zero-order valence-electron chi connectivity index (χ0n) is 18.8. The van der Waals surface area contributed by atoms with Crippen molar-refractivity contribution in [3.05, 3.63) is 91.1 Å². The van der Waals surface area contributed by atoms with Gasteiger partial charge in [-0.25, -0.2) is 4.98 Å². The summed E-state index contributed by atoms with van der Waals surface area (Å²) in [6.45, 7) is 8.98. The van der Waals surface area contributed by atoms with Gasteiger partial charge < -0.3 is 4.57 Å². The first kappa shape index (κ1) is 20.3. The van der Waals surface area contributed by atoms with E-state index >= 15 is 0 Å². The van der Waals surface area contributed by atoms with Crippen molar-refractivity contribution >= 4 is 22.6 Å². The maximum atomic E-state index is 5.15. The summed E-state index contributed by atoms with van der Waals surface area (Å²) >= 11 is 0. The number of hydrogen-bond donors (Lipinski definition) is 0. The van der Waals surface area contributed by atoms with Crippen LogP contribution in [0.25, 0.3) is 45.3 Å². The minimum absolute atomic E-state index is 0.782. The van der Waals surface area contributed by atoms with E-state index in [1.165, 1.54) is 35.0 Å². The maximum absolute atomic E-state index is 5.15. The van der Waals surface area contributed by atoms with E-state index in [1.54, 1.807) is 0 Å². The first-order valence-corrected chi connectivity index (χ1v) is 11.6. The molecule has 0 N–H and O–H groups in total. The van der Waals surface area contributed by atoms with Gasteiger partial charge in [0.1, 0.15) is 11.3 Å². The van der Waals surface area contributed by atoms with Gasteiger partial charge in [0.2, 0.25) is 0 Å². The maximum Gasteiger partial charge on any atom is 0.138 e. The molecule has 1 aliphatic carbocycles. The van der Waals surface area contributed by atoms with Crippen molar-refractivity contribution < 1.29 is 0 Å². The number of rotatable bonds is 5. The van der Waals surface area contributed by atoms with Gasteiger partial charge >= 0.3 is 0 Å². The van der Waals surface area contributed by atoms with Crippen LogP contribution in [0.15, 0.2) is 85.6 Å². The number of nitrogens with zero attached hydrogens (tertiary/aromatic N) is 3. The molecule has 0 saturated heterocycles. The molecule has 0 amide bonds. The van der Waals surface area contributed by atoms with Crippen molar-refractivity contribution in [2.75, 3.05) is 0 Å². The lowest BCUT2D eigenvalue weighted by molar-refractivity contribution is 0.652. The van der Waals surface area contributed by atoms with Crippen LogP contribution in [0.4, 0.5) is 0 Å². The van der Waals surface area contributed by atoms with Gasteiger partial charge in [0.15, 0.2) is 0 Å². The topological polar surface area (TPSA) is 22.2 Å². The molecule has 5 aromatic rings. The van der Waals surface area contributed by atoms with Crippen LogP contribution < -0.4 is 0 Å². The molecule has 2 aromatic carbocycles. The molecule has 0 radical (unpaired) electrons. The lowest BCUT2D eigenvalue weighted by atomic mass is 10.1. The molecular weight excluding hydrogens is 390 g/mol. The third kappa shape index (κ3) is 3.54. The van der Waals surface area contributed by atoms with Gasteiger partial charge in [-0.2, -0.15) is 0 Å². The molecule has 1 aliphatic rings. The van der Waals surface area contributed by atoms with Crippen molar-refractivity contribution in [1.29, 1.82) is 0 Å². The molecule has 0 spiro atoms. The first-order chi connectivity index (χ1) is 15.8. The van der Waals surface area contributed by atoms with Crippen LogP contribution >= 0.6 is 0 Å². The van der Waals surface area contributed by atoms with Gasteiger partial charge in [0.05, 0.1) is 11.4 Å². The Balaban J connectivity index is 0.00000105. The van der Waals surface area contributed by atoms with E-state index < -0.39 is 0 Å². The van der Waals surface area contributed by atoms with Gasteiger partial charge in [-0.1, -0.05) is 75.0 Å². The highest BCUT2D eigenvalue weighted by atomic mass is 15.1. The second-order valence-electron chi connectivity index (χ2n) is 8.21. The molecule has 1 saturated carbocycles. The first-order valence-electron chi connectivity index (χ1n) is 11.6. The molecule has 3 heterocycles. The van der Waals surface area contributed by atoms with Crippen molar-refractivity contribution in [3.8, 4) is 22.6 Å². The Morgan fingerprint density at radius 3 is 2.47 bits per heavy atom. The number of fused-ring (bicyclic) bond motifs is 2. The Labute approximate surface area is 189 Å². The SMILES string of the molecule is C=Cc1ccn2c(-c3ccccc3)c(-c3cc4ccccc4n3CC3CC3)nc2c1.CC. The highest BCUT2D eigenvalue weighted by Crippen LogP contribution is 2.39. The second-order valence-corrected chi connectivity index (χ2v) is 8.21. The summed E-state index contributed by atoms with van der Waals surface area (Å²) in [5.74, 6) is 0.782. The van der Waals surface area contributed by atoms with Crippen molar-refractivity contribution in [2.24, 2.45) is 5.92 Å². The lowest BCUT2D eigenvalue weighted by Gasteiger charge is -2.11. The predicted octanol–water partition coefficient (Wildman–Crippen LogP) is 7.70. The standard InChI is InChI=1S/C27H23N3.C2H6/c1-2-19-14-15-29-25(16-19)28-26(27(29)21-8-4-3-5-9-21)24-17-22-10-6-7-11-23(22)30(24)18-20-12-13-20;1-2/h2-11,14-17,20H,1,12-13,18H2;1-2H3. The van der Waals surface area contributed by atoms with E-state index in [0.29, 0.717) is 0 Å².